The number of anilines is 1. The highest BCUT2D eigenvalue weighted by molar-refractivity contribution is 7.88. The van der Waals surface area contributed by atoms with Crippen LogP contribution >= 0.6 is 0 Å². The lowest BCUT2D eigenvalue weighted by molar-refractivity contribution is 0.102. The summed E-state index contributed by atoms with van der Waals surface area (Å²) < 4.78 is 28.5. The van der Waals surface area contributed by atoms with Gasteiger partial charge in [-0.1, -0.05) is 19.9 Å². The maximum absolute atomic E-state index is 13.3. The SMILES string of the molecule is CC(C)(CN)c1ccc(-n2nc(C3CCN(S(C)(=O)=O)CC3)cc2NC(=O)c2cnn3cccnc23)nc1. The van der Waals surface area contributed by atoms with E-state index < -0.39 is 10.0 Å². The molecule has 4 aromatic heterocycles. The first-order valence-corrected chi connectivity index (χ1v) is 14.2. The molecule has 0 radical (unpaired) electrons. The summed E-state index contributed by atoms with van der Waals surface area (Å²) in [6, 6.07) is 7.38. The van der Waals surface area contributed by atoms with Gasteiger partial charge in [0.2, 0.25) is 10.0 Å². The molecule has 1 aliphatic rings. The van der Waals surface area contributed by atoms with Gasteiger partial charge in [0.05, 0.1) is 18.1 Å². The van der Waals surface area contributed by atoms with Gasteiger partial charge in [-0.05, 0) is 30.5 Å². The average Bonchev–Trinajstić information content (AvgIpc) is 3.53. The Balaban J connectivity index is 1.48. The van der Waals surface area contributed by atoms with E-state index in [1.165, 1.54) is 21.3 Å². The zero-order valence-corrected chi connectivity index (χ0v) is 22.4. The van der Waals surface area contributed by atoms with Gasteiger partial charge in [-0.25, -0.2) is 27.2 Å². The summed E-state index contributed by atoms with van der Waals surface area (Å²) in [6.45, 7) is 5.42. The Hall–Kier alpha value is -3.68. The second-order valence-corrected chi connectivity index (χ2v) is 12.2. The Morgan fingerprint density at radius 2 is 1.95 bits per heavy atom. The van der Waals surface area contributed by atoms with Crippen molar-refractivity contribution in [2.45, 2.75) is 38.0 Å². The maximum atomic E-state index is 13.3. The number of carbonyl (C=O) groups excluding carboxylic acids is 1. The number of nitrogens with two attached hydrogens (primary N) is 1. The van der Waals surface area contributed by atoms with Crippen molar-refractivity contribution in [3.05, 3.63) is 65.9 Å². The molecular formula is C25H31N9O3S. The standard InChI is InChI=1S/C25H31N9O3S/c1-25(2,16-26)18-5-6-21(28-14-18)34-22(30-24(35)19-15-29-33-10-4-9-27-23(19)33)13-20(31-34)17-7-11-32(12-8-17)38(3,36)37/h4-6,9-10,13-15,17H,7-8,11-12,16,26H2,1-3H3,(H,30,35). The van der Waals surface area contributed by atoms with E-state index in [0.717, 1.165) is 11.3 Å². The number of nitrogens with one attached hydrogen (secondary N) is 1. The molecule has 0 saturated carbocycles. The molecular weight excluding hydrogens is 506 g/mol. The third kappa shape index (κ3) is 5.04. The number of amides is 1. The van der Waals surface area contributed by atoms with Crippen LogP contribution in [0.1, 0.15) is 54.2 Å². The van der Waals surface area contributed by atoms with Crippen LogP contribution in [-0.4, -0.2) is 73.9 Å². The van der Waals surface area contributed by atoms with E-state index in [-0.39, 0.29) is 17.2 Å². The fourth-order valence-electron chi connectivity index (χ4n) is 4.55. The van der Waals surface area contributed by atoms with Crippen LogP contribution in [-0.2, 0) is 15.4 Å². The van der Waals surface area contributed by atoms with Crippen molar-refractivity contribution >= 4 is 27.4 Å². The number of pyridine rings is 1. The second kappa shape index (κ2) is 9.89. The number of carbonyl (C=O) groups is 1. The Morgan fingerprint density at radius 1 is 1.18 bits per heavy atom. The molecule has 3 N–H and O–H groups in total. The molecule has 12 nitrogen and oxygen atoms in total. The molecule has 200 valence electrons. The van der Waals surface area contributed by atoms with Gasteiger partial charge in [0.1, 0.15) is 11.4 Å². The lowest BCUT2D eigenvalue weighted by Gasteiger charge is -2.29. The zero-order valence-electron chi connectivity index (χ0n) is 21.6. The van der Waals surface area contributed by atoms with Crippen molar-refractivity contribution in [1.82, 2.24) is 33.7 Å². The maximum Gasteiger partial charge on any atom is 0.262 e. The summed E-state index contributed by atoms with van der Waals surface area (Å²) in [5.74, 6) is 0.650. The zero-order chi connectivity index (χ0) is 27.1. The minimum Gasteiger partial charge on any atom is -0.330 e. The van der Waals surface area contributed by atoms with Gasteiger partial charge in [0.25, 0.3) is 5.91 Å². The van der Waals surface area contributed by atoms with Gasteiger partial charge in [-0.15, -0.1) is 0 Å². The third-order valence-electron chi connectivity index (χ3n) is 7.09. The molecule has 1 aliphatic heterocycles. The Labute approximate surface area is 220 Å². The first-order valence-electron chi connectivity index (χ1n) is 12.4. The van der Waals surface area contributed by atoms with Gasteiger partial charge in [-0.2, -0.15) is 14.9 Å². The highest BCUT2D eigenvalue weighted by atomic mass is 32.2. The van der Waals surface area contributed by atoms with Crippen LogP contribution < -0.4 is 11.1 Å². The quantitative estimate of drug-likeness (QED) is 0.363. The predicted molar refractivity (Wildman–Crippen MR) is 143 cm³/mol. The van der Waals surface area contributed by atoms with E-state index in [4.69, 9.17) is 10.8 Å². The van der Waals surface area contributed by atoms with Crippen LogP contribution in [0.25, 0.3) is 11.5 Å². The van der Waals surface area contributed by atoms with E-state index in [1.807, 2.05) is 18.2 Å². The van der Waals surface area contributed by atoms with Crippen molar-refractivity contribution in [1.29, 1.82) is 0 Å². The van der Waals surface area contributed by atoms with Crippen molar-refractivity contribution < 1.29 is 13.2 Å². The fraction of sp³-hybridized carbons (Fsp3) is 0.400. The highest BCUT2D eigenvalue weighted by Crippen LogP contribution is 2.31. The molecule has 1 amide bonds. The smallest absolute Gasteiger partial charge is 0.262 e. The molecule has 38 heavy (non-hydrogen) atoms. The van der Waals surface area contributed by atoms with Gasteiger partial charge in [0.15, 0.2) is 11.5 Å². The molecule has 1 saturated heterocycles. The lowest BCUT2D eigenvalue weighted by Crippen LogP contribution is -2.37. The number of hydrogen-bond acceptors (Lipinski definition) is 8. The summed E-state index contributed by atoms with van der Waals surface area (Å²) in [5.41, 5.74) is 8.22. The number of rotatable bonds is 7. The van der Waals surface area contributed by atoms with Crippen LogP contribution in [0.4, 0.5) is 5.82 Å². The number of nitrogens with zero attached hydrogens (tertiary/aromatic N) is 7. The van der Waals surface area contributed by atoms with Gasteiger partial charge < -0.3 is 11.1 Å². The number of piperidine rings is 1. The third-order valence-corrected chi connectivity index (χ3v) is 8.39. The Bertz CT molecular complexity index is 1570. The molecule has 0 aliphatic carbocycles. The summed E-state index contributed by atoms with van der Waals surface area (Å²) in [7, 11) is -3.24. The predicted octanol–water partition coefficient (Wildman–Crippen LogP) is 1.94. The molecule has 0 atom stereocenters. The monoisotopic (exact) mass is 537 g/mol. The molecule has 5 rings (SSSR count). The van der Waals surface area contributed by atoms with E-state index in [2.05, 4.69) is 34.2 Å². The highest BCUT2D eigenvalue weighted by Gasteiger charge is 2.29. The first kappa shape index (κ1) is 25.9. The molecule has 0 spiro atoms. The second-order valence-electron chi connectivity index (χ2n) is 10.2. The van der Waals surface area contributed by atoms with E-state index >= 15 is 0 Å². The Morgan fingerprint density at radius 3 is 2.61 bits per heavy atom. The molecule has 5 heterocycles. The minimum absolute atomic E-state index is 0.0407. The van der Waals surface area contributed by atoms with Crippen molar-refractivity contribution in [3.8, 4) is 5.82 Å². The number of fused-ring (bicyclic) bond motifs is 1. The summed E-state index contributed by atoms with van der Waals surface area (Å²) in [6.07, 6.45) is 9.06. The number of hydrogen-bond donors (Lipinski definition) is 2. The molecule has 0 bridgehead atoms. The van der Waals surface area contributed by atoms with E-state index in [1.54, 1.807) is 29.3 Å². The van der Waals surface area contributed by atoms with Crippen LogP contribution in [0.5, 0.6) is 0 Å². The fourth-order valence-corrected chi connectivity index (χ4v) is 5.42. The van der Waals surface area contributed by atoms with E-state index in [9.17, 15) is 13.2 Å². The normalized spacial score (nSPS) is 15.7. The summed E-state index contributed by atoms with van der Waals surface area (Å²) in [4.78, 5) is 22.2. The number of aromatic nitrogens is 6. The largest absolute Gasteiger partial charge is 0.330 e. The van der Waals surface area contributed by atoms with Gasteiger partial charge in [-0.3, -0.25) is 4.79 Å². The molecule has 13 heteroatoms. The molecule has 4 aromatic rings. The van der Waals surface area contributed by atoms with Crippen molar-refractivity contribution in [3.63, 3.8) is 0 Å². The topological polar surface area (TPSA) is 153 Å². The van der Waals surface area contributed by atoms with Gasteiger partial charge >= 0.3 is 0 Å². The molecule has 0 unspecified atom stereocenters. The van der Waals surface area contributed by atoms with Crippen molar-refractivity contribution in [2.75, 3.05) is 31.2 Å². The lowest BCUT2D eigenvalue weighted by atomic mass is 9.86. The minimum atomic E-state index is -3.24. The van der Waals surface area contributed by atoms with E-state index in [0.29, 0.717) is 55.3 Å². The van der Waals surface area contributed by atoms with Crippen LogP contribution in [0.15, 0.2) is 49.1 Å². The Kier molecular flexibility index (Phi) is 6.75. The number of sulfonamides is 1. The van der Waals surface area contributed by atoms with Gasteiger partial charge in [0, 0.05) is 55.6 Å². The van der Waals surface area contributed by atoms with Crippen LogP contribution in [0, 0.1) is 0 Å². The summed E-state index contributed by atoms with van der Waals surface area (Å²) in [5, 5.41) is 12.0. The molecule has 1 fully saturated rings. The summed E-state index contributed by atoms with van der Waals surface area (Å²) >= 11 is 0. The average molecular weight is 538 g/mol. The van der Waals surface area contributed by atoms with Crippen LogP contribution in [0.3, 0.4) is 0 Å². The van der Waals surface area contributed by atoms with Crippen molar-refractivity contribution in [2.24, 2.45) is 5.73 Å². The molecule has 0 aromatic carbocycles. The first-order chi connectivity index (χ1) is 18.1. The van der Waals surface area contributed by atoms with Crippen LogP contribution in [0.2, 0.25) is 0 Å².